The van der Waals surface area contributed by atoms with Gasteiger partial charge in [-0.1, -0.05) is 0 Å². The van der Waals surface area contributed by atoms with Gasteiger partial charge >= 0.3 is 5.97 Å². The van der Waals surface area contributed by atoms with Crippen LogP contribution in [0, 0.1) is 17.1 Å². The number of benzene rings is 1. The number of likely N-dealkylation sites (N-methyl/N-ethyl adjacent to an activating group) is 1. The molecule has 3 aliphatic heterocycles. The van der Waals surface area contributed by atoms with Crippen LogP contribution in [-0.4, -0.2) is 24.5 Å². The lowest BCUT2D eigenvalue weighted by atomic mass is 9.67. The summed E-state index contributed by atoms with van der Waals surface area (Å²) in [5.74, 6) is -1.94. The number of dihydropyridines is 1. The molecular weight excluding hydrogens is 339 g/mol. The minimum atomic E-state index is -1.82. The van der Waals surface area contributed by atoms with Crippen molar-refractivity contribution in [3.05, 3.63) is 52.2 Å². The third kappa shape index (κ3) is 1.60. The monoisotopic (exact) mass is 354 g/mol. The largest absolute Gasteiger partial charge is 0.450 e. The predicted molar refractivity (Wildman–Crippen MR) is 88.6 cm³/mol. The summed E-state index contributed by atoms with van der Waals surface area (Å²) in [4.78, 5) is 27.4. The highest BCUT2D eigenvalue weighted by Crippen LogP contribution is 2.55. The second-order valence-corrected chi connectivity index (χ2v) is 6.95. The Kier molecular flexibility index (Phi) is 2.88. The molecule has 0 aliphatic carbocycles. The number of amides is 1. The van der Waals surface area contributed by atoms with E-state index in [4.69, 9.17) is 10.5 Å². The minimum Gasteiger partial charge on any atom is -0.450 e. The molecule has 7 nitrogen and oxygen atoms in total. The number of nitrogens with two attached hydrogens (primary N) is 1. The SMILES string of the molecule is CN1C(=O)C2(C(C#N)=C(N)NC3=C2C(=O)OC3(C)C)c2cc(F)ccc21. The number of halogens is 1. The first kappa shape index (κ1) is 16.1. The quantitative estimate of drug-likeness (QED) is 0.671. The van der Waals surface area contributed by atoms with Gasteiger partial charge in [0.2, 0.25) is 5.91 Å². The molecule has 1 amide bonds. The van der Waals surface area contributed by atoms with Crippen LogP contribution < -0.4 is 16.0 Å². The van der Waals surface area contributed by atoms with E-state index in [0.29, 0.717) is 11.4 Å². The van der Waals surface area contributed by atoms with Crippen LogP contribution in [0.2, 0.25) is 0 Å². The van der Waals surface area contributed by atoms with E-state index in [1.54, 1.807) is 13.8 Å². The molecule has 1 atom stereocenters. The van der Waals surface area contributed by atoms with Crippen LogP contribution in [0.5, 0.6) is 0 Å². The average Bonchev–Trinajstić information content (AvgIpc) is 2.91. The number of rotatable bonds is 0. The molecule has 0 fully saturated rings. The third-order valence-electron chi connectivity index (χ3n) is 5.14. The molecule has 3 heterocycles. The highest BCUT2D eigenvalue weighted by atomic mass is 19.1. The van der Waals surface area contributed by atoms with E-state index in [-0.39, 0.29) is 22.5 Å². The molecule has 0 aromatic heterocycles. The Hall–Kier alpha value is -3.34. The Labute approximate surface area is 148 Å². The van der Waals surface area contributed by atoms with E-state index in [0.717, 1.165) is 6.07 Å². The molecule has 0 saturated heterocycles. The molecular formula is C18H15FN4O3. The summed E-state index contributed by atoms with van der Waals surface area (Å²) in [6.07, 6.45) is 0. The molecule has 1 aromatic carbocycles. The lowest BCUT2D eigenvalue weighted by molar-refractivity contribution is -0.145. The Bertz CT molecular complexity index is 1020. The summed E-state index contributed by atoms with van der Waals surface area (Å²) in [6, 6.07) is 5.76. The average molecular weight is 354 g/mol. The molecule has 132 valence electrons. The lowest BCUT2D eigenvalue weighted by Gasteiger charge is -2.34. The molecule has 4 rings (SSSR count). The number of hydrogen-bond donors (Lipinski definition) is 2. The maximum Gasteiger partial charge on any atom is 0.338 e. The summed E-state index contributed by atoms with van der Waals surface area (Å²) in [6.45, 7) is 3.29. The van der Waals surface area contributed by atoms with Crippen molar-refractivity contribution in [2.75, 3.05) is 11.9 Å². The topological polar surface area (TPSA) is 108 Å². The molecule has 8 heteroatoms. The molecule has 3 aliphatic rings. The number of nitrogens with zero attached hydrogens (tertiary/aromatic N) is 2. The van der Waals surface area contributed by atoms with Gasteiger partial charge in [0.25, 0.3) is 0 Å². The zero-order valence-electron chi connectivity index (χ0n) is 14.3. The van der Waals surface area contributed by atoms with E-state index in [1.165, 1.54) is 24.1 Å². The number of carbonyl (C=O) groups is 2. The van der Waals surface area contributed by atoms with Crippen molar-refractivity contribution in [3.8, 4) is 6.07 Å². The minimum absolute atomic E-state index is 0.0190. The zero-order valence-corrected chi connectivity index (χ0v) is 14.3. The fraction of sp³-hybridized carbons (Fsp3) is 0.278. The predicted octanol–water partition coefficient (Wildman–Crippen LogP) is 0.926. The fourth-order valence-electron chi connectivity index (χ4n) is 4.02. The molecule has 3 N–H and O–H groups in total. The van der Waals surface area contributed by atoms with E-state index in [9.17, 15) is 19.2 Å². The van der Waals surface area contributed by atoms with Gasteiger partial charge in [0.1, 0.15) is 28.7 Å². The summed E-state index contributed by atoms with van der Waals surface area (Å²) in [5, 5.41) is 12.6. The number of esters is 1. The van der Waals surface area contributed by atoms with Gasteiger partial charge in [0, 0.05) is 18.3 Å². The molecule has 1 unspecified atom stereocenters. The summed E-state index contributed by atoms with van der Waals surface area (Å²) < 4.78 is 19.5. The van der Waals surface area contributed by atoms with Gasteiger partial charge in [-0.05, 0) is 32.0 Å². The standard InChI is InChI=1S/C18H15FN4O3/c1-17(2)13-12(15(24)26-17)18(10(7-20)14(21)22-13)9-6-8(19)4-5-11(9)23(3)16(18)25/h4-6,22H,21H2,1-3H3. The van der Waals surface area contributed by atoms with Gasteiger partial charge in [0.05, 0.1) is 16.8 Å². The van der Waals surface area contributed by atoms with Crippen molar-refractivity contribution in [2.24, 2.45) is 5.73 Å². The van der Waals surface area contributed by atoms with Crippen molar-refractivity contribution in [2.45, 2.75) is 24.9 Å². The van der Waals surface area contributed by atoms with Crippen LogP contribution in [-0.2, 0) is 19.7 Å². The summed E-state index contributed by atoms with van der Waals surface area (Å²) >= 11 is 0. The number of nitrogens with one attached hydrogen (secondary N) is 1. The van der Waals surface area contributed by atoms with Crippen molar-refractivity contribution in [1.82, 2.24) is 5.32 Å². The Morgan fingerprint density at radius 2 is 2.04 bits per heavy atom. The summed E-state index contributed by atoms with van der Waals surface area (Å²) in [5.41, 5.74) is 3.90. The number of hydrogen-bond acceptors (Lipinski definition) is 6. The first-order chi connectivity index (χ1) is 12.2. The van der Waals surface area contributed by atoms with Crippen molar-refractivity contribution < 1.29 is 18.7 Å². The Balaban J connectivity index is 2.18. The smallest absolute Gasteiger partial charge is 0.338 e. The first-order valence-corrected chi connectivity index (χ1v) is 7.90. The highest BCUT2D eigenvalue weighted by molar-refractivity contribution is 6.19. The fourth-order valence-corrected chi connectivity index (χ4v) is 4.02. The number of carbonyl (C=O) groups excluding carboxylic acids is 2. The van der Waals surface area contributed by atoms with Gasteiger partial charge in [-0.25, -0.2) is 9.18 Å². The zero-order chi connectivity index (χ0) is 19.0. The number of anilines is 1. The Morgan fingerprint density at radius 3 is 2.69 bits per heavy atom. The number of nitriles is 1. The third-order valence-corrected chi connectivity index (χ3v) is 5.14. The van der Waals surface area contributed by atoms with Crippen LogP contribution in [0.25, 0.3) is 0 Å². The highest BCUT2D eigenvalue weighted by Gasteiger charge is 2.64. The van der Waals surface area contributed by atoms with Crippen molar-refractivity contribution in [1.29, 1.82) is 5.26 Å². The van der Waals surface area contributed by atoms with Gasteiger partial charge in [0.15, 0.2) is 0 Å². The van der Waals surface area contributed by atoms with Gasteiger partial charge in [-0.3, -0.25) is 4.79 Å². The first-order valence-electron chi connectivity index (χ1n) is 7.90. The van der Waals surface area contributed by atoms with E-state index >= 15 is 0 Å². The van der Waals surface area contributed by atoms with Crippen molar-refractivity contribution >= 4 is 17.6 Å². The normalized spacial score (nSPS) is 25.9. The summed E-state index contributed by atoms with van der Waals surface area (Å²) in [7, 11) is 1.51. The number of ether oxygens (including phenoxy) is 1. The number of cyclic esters (lactones) is 1. The van der Waals surface area contributed by atoms with Crippen LogP contribution in [0.1, 0.15) is 19.4 Å². The van der Waals surface area contributed by atoms with E-state index < -0.39 is 28.7 Å². The van der Waals surface area contributed by atoms with Crippen molar-refractivity contribution in [3.63, 3.8) is 0 Å². The lowest BCUT2D eigenvalue weighted by Crippen LogP contribution is -2.49. The second-order valence-electron chi connectivity index (χ2n) is 6.95. The van der Waals surface area contributed by atoms with Crippen LogP contribution >= 0.6 is 0 Å². The number of fused-ring (bicyclic) bond motifs is 3. The molecule has 0 saturated carbocycles. The van der Waals surface area contributed by atoms with E-state index in [2.05, 4.69) is 5.32 Å². The van der Waals surface area contributed by atoms with Gasteiger partial charge < -0.3 is 20.7 Å². The second kappa shape index (κ2) is 4.64. The molecule has 1 spiro atoms. The molecule has 0 radical (unpaired) electrons. The molecule has 26 heavy (non-hydrogen) atoms. The molecule has 1 aromatic rings. The van der Waals surface area contributed by atoms with E-state index in [1.807, 2.05) is 6.07 Å². The maximum atomic E-state index is 14.1. The maximum absolute atomic E-state index is 14.1. The van der Waals surface area contributed by atoms with Crippen LogP contribution in [0.15, 0.2) is 40.9 Å². The van der Waals surface area contributed by atoms with Crippen LogP contribution in [0.4, 0.5) is 10.1 Å². The molecule has 0 bridgehead atoms. The Morgan fingerprint density at radius 1 is 1.35 bits per heavy atom. The van der Waals surface area contributed by atoms with Gasteiger partial charge in [-0.15, -0.1) is 0 Å². The van der Waals surface area contributed by atoms with Gasteiger partial charge in [-0.2, -0.15) is 5.26 Å². The van der Waals surface area contributed by atoms with Crippen LogP contribution in [0.3, 0.4) is 0 Å².